The van der Waals surface area contributed by atoms with Gasteiger partial charge in [0.1, 0.15) is 11.6 Å². The zero-order valence-electron chi connectivity index (χ0n) is 19.8. The Labute approximate surface area is 203 Å². The van der Waals surface area contributed by atoms with Crippen LogP contribution in [-0.4, -0.2) is 51.5 Å². The lowest BCUT2D eigenvalue weighted by atomic mass is 10.1. The van der Waals surface area contributed by atoms with Crippen molar-refractivity contribution in [3.05, 3.63) is 59.7 Å². The minimum Gasteiger partial charge on any atom is -0.497 e. The highest BCUT2D eigenvalue weighted by Gasteiger charge is 2.26. The maximum absolute atomic E-state index is 13.8. The topological polar surface area (TPSA) is 72.3 Å². The van der Waals surface area contributed by atoms with Crippen LogP contribution in [0.2, 0.25) is 0 Å². The number of carbonyl (C=O) groups excluding carboxylic acids is 1. The third kappa shape index (κ3) is 5.59. The first-order chi connectivity index (χ1) is 16.5. The van der Waals surface area contributed by atoms with E-state index in [9.17, 15) is 9.18 Å². The predicted molar refractivity (Wildman–Crippen MR) is 132 cm³/mol. The molecule has 1 aliphatic rings. The lowest BCUT2D eigenvalue weighted by Gasteiger charge is -2.31. The van der Waals surface area contributed by atoms with Crippen molar-refractivity contribution >= 4 is 23.4 Å². The van der Waals surface area contributed by atoms with Gasteiger partial charge < -0.3 is 10.1 Å². The smallest absolute Gasteiger partial charge is 0.234 e. The Morgan fingerprint density at radius 3 is 2.56 bits per heavy atom. The molecular weight excluding hydrogens is 453 g/mol. The van der Waals surface area contributed by atoms with Gasteiger partial charge in [0.15, 0.2) is 11.0 Å². The minimum absolute atomic E-state index is 0.0913. The Kier molecular flexibility index (Phi) is 7.84. The average molecular weight is 484 g/mol. The molecule has 1 saturated heterocycles. The number of ether oxygens (including phenoxy) is 1. The van der Waals surface area contributed by atoms with Gasteiger partial charge >= 0.3 is 0 Å². The molecule has 1 N–H and O–H groups in total. The van der Waals surface area contributed by atoms with E-state index in [4.69, 9.17) is 4.74 Å². The van der Waals surface area contributed by atoms with Crippen LogP contribution < -0.4 is 10.1 Å². The molecule has 3 aromatic rings. The lowest BCUT2D eigenvalue weighted by molar-refractivity contribution is -0.113. The molecule has 1 aromatic heterocycles. The maximum atomic E-state index is 13.8. The van der Waals surface area contributed by atoms with E-state index < -0.39 is 0 Å². The number of thioether (sulfide) groups is 1. The summed E-state index contributed by atoms with van der Waals surface area (Å²) in [4.78, 5) is 15.0. The molecule has 9 heteroatoms. The Morgan fingerprint density at radius 1 is 1.15 bits per heavy atom. The number of hydrogen-bond donors (Lipinski definition) is 1. The fourth-order valence-electron chi connectivity index (χ4n) is 4.09. The molecule has 0 spiro atoms. The van der Waals surface area contributed by atoms with E-state index in [1.165, 1.54) is 37.1 Å². The molecule has 1 aliphatic heterocycles. The number of piperidine rings is 1. The molecule has 2 aromatic carbocycles. The van der Waals surface area contributed by atoms with Crippen molar-refractivity contribution < 1.29 is 13.9 Å². The van der Waals surface area contributed by atoms with Crippen LogP contribution in [0.5, 0.6) is 5.75 Å². The number of methoxy groups -OCH3 is 1. The molecule has 1 fully saturated rings. The van der Waals surface area contributed by atoms with Gasteiger partial charge in [-0.2, -0.15) is 0 Å². The zero-order valence-corrected chi connectivity index (χ0v) is 20.6. The van der Waals surface area contributed by atoms with Crippen LogP contribution in [0.1, 0.15) is 43.6 Å². The molecule has 1 atom stereocenters. The fourth-order valence-corrected chi connectivity index (χ4v) is 4.84. The largest absolute Gasteiger partial charge is 0.497 e. The van der Waals surface area contributed by atoms with Gasteiger partial charge in [0.2, 0.25) is 5.91 Å². The Balaban J connectivity index is 1.55. The number of rotatable bonds is 8. The second-order valence-electron chi connectivity index (χ2n) is 8.45. The van der Waals surface area contributed by atoms with Crippen molar-refractivity contribution in [3.63, 3.8) is 0 Å². The highest BCUT2D eigenvalue weighted by Crippen LogP contribution is 2.30. The van der Waals surface area contributed by atoms with Crippen LogP contribution in [0.15, 0.2) is 47.6 Å². The van der Waals surface area contributed by atoms with Crippen LogP contribution in [-0.2, 0) is 4.79 Å². The highest BCUT2D eigenvalue weighted by molar-refractivity contribution is 7.99. The molecule has 7 nitrogen and oxygen atoms in total. The summed E-state index contributed by atoms with van der Waals surface area (Å²) in [5.74, 6) is 1.16. The third-order valence-corrected chi connectivity index (χ3v) is 7.02. The van der Waals surface area contributed by atoms with Crippen LogP contribution in [0.25, 0.3) is 5.69 Å². The molecule has 34 heavy (non-hydrogen) atoms. The van der Waals surface area contributed by atoms with Crippen LogP contribution >= 0.6 is 11.8 Å². The summed E-state index contributed by atoms with van der Waals surface area (Å²) in [5.41, 5.74) is 1.88. The summed E-state index contributed by atoms with van der Waals surface area (Å²) in [6.07, 6.45) is 3.63. The number of nitrogens with zero attached hydrogens (tertiary/aromatic N) is 4. The molecule has 0 saturated carbocycles. The number of aryl methyl sites for hydroxylation is 1. The lowest BCUT2D eigenvalue weighted by Crippen LogP contribution is -2.33. The number of hydrogen-bond acceptors (Lipinski definition) is 6. The van der Waals surface area contributed by atoms with Gasteiger partial charge in [-0.25, -0.2) is 4.39 Å². The minimum atomic E-state index is -0.346. The highest BCUT2D eigenvalue weighted by atomic mass is 32.2. The Bertz CT molecular complexity index is 1130. The molecule has 1 amide bonds. The van der Waals surface area contributed by atoms with E-state index >= 15 is 0 Å². The van der Waals surface area contributed by atoms with E-state index in [1.807, 2.05) is 28.8 Å². The number of halogens is 1. The first kappa shape index (κ1) is 24.2. The van der Waals surface area contributed by atoms with Crippen LogP contribution in [0, 0.1) is 12.7 Å². The summed E-state index contributed by atoms with van der Waals surface area (Å²) >= 11 is 1.31. The SMILES string of the molecule is COc1ccc(-n2c(SCC(=O)Nc3ccc(C)c(F)c3)nnc2C(C)N2CCCCC2)cc1. The van der Waals surface area contributed by atoms with E-state index in [2.05, 4.69) is 27.3 Å². The molecule has 0 radical (unpaired) electrons. The Hall–Kier alpha value is -2.91. The van der Waals surface area contributed by atoms with Crippen molar-refractivity contribution in [3.8, 4) is 11.4 Å². The number of nitrogens with one attached hydrogen (secondary N) is 1. The summed E-state index contributed by atoms with van der Waals surface area (Å²) in [7, 11) is 1.64. The average Bonchev–Trinajstić information content (AvgIpc) is 3.29. The number of carbonyl (C=O) groups is 1. The van der Waals surface area contributed by atoms with Crippen molar-refractivity contribution in [2.24, 2.45) is 0 Å². The van der Waals surface area contributed by atoms with E-state index in [1.54, 1.807) is 26.2 Å². The molecular formula is C25H30FN5O2S. The maximum Gasteiger partial charge on any atom is 0.234 e. The fraction of sp³-hybridized carbons (Fsp3) is 0.400. The van der Waals surface area contributed by atoms with E-state index in [0.29, 0.717) is 16.4 Å². The van der Waals surface area contributed by atoms with Gasteiger partial charge in [-0.3, -0.25) is 14.3 Å². The standard InChI is InChI=1S/C25H30FN5O2S/c1-17-7-8-19(15-22(17)26)27-23(32)16-34-25-29-28-24(18(2)30-13-5-4-6-14-30)31(25)20-9-11-21(33-3)12-10-20/h7-12,15,18H,4-6,13-14,16H2,1-3H3,(H,27,32). The van der Waals surface area contributed by atoms with Gasteiger partial charge in [0.25, 0.3) is 0 Å². The van der Waals surface area contributed by atoms with Gasteiger partial charge in [0.05, 0.1) is 18.9 Å². The second-order valence-corrected chi connectivity index (χ2v) is 9.39. The van der Waals surface area contributed by atoms with Crippen molar-refractivity contribution in [2.75, 3.05) is 31.3 Å². The third-order valence-electron chi connectivity index (χ3n) is 6.09. The van der Waals surface area contributed by atoms with Gasteiger partial charge in [-0.05, 0) is 81.7 Å². The molecule has 0 bridgehead atoms. The van der Waals surface area contributed by atoms with E-state index in [0.717, 1.165) is 30.4 Å². The first-order valence-electron chi connectivity index (χ1n) is 11.5. The quantitative estimate of drug-likeness (QED) is 0.455. The monoisotopic (exact) mass is 483 g/mol. The molecule has 180 valence electrons. The van der Waals surface area contributed by atoms with Gasteiger partial charge in [-0.1, -0.05) is 24.2 Å². The summed E-state index contributed by atoms with van der Waals surface area (Å²) in [5, 5.41) is 12.4. The number of amides is 1. The van der Waals surface area contributed by atoms with E-state index in [-0.39, 0.29) is 23.5 Å². The molecule has 1 unspecified atom stereocenters. The summed E-state index contributed by atoms with van der Waals surface area (Å²) in [6.45, 7) is 5.91. The number of likely N-dealkylation sites (tertiary alicyclic amines) is 1. The van der Waals surface area contributed by atoms with Crippen LogP contribution in [0.3, 0.4) is 0 Å². The first-order valence-corrected chi connectivity index (χ1v) is 12.5. The normalized spacial score (nSPS) is 15.2. The number of anilines is 1. The Morgan fingerprint density at radius 2 is 1.88 bits per heavy atom. The van der Waals surface area contributed by atoms with Gasteiger partial charge in [-0.15, -0.1) is 10.2 Å². The van der Waals surface area contributed by atoms with Crippen molar-refractivity contribution in [1.82, 2.24) is 19.7 Å². The zero-order chi connectivity index (χ0) is 24.1. The second kappa shape index (κ2) is 11.0. The number of aromatic nitrogens is 3. The summed E-state index contributed by atoms with van der Waals surface area (Å²) < 4.78 is 21.1. The number of benzene rings is 2. The summed E-state index contributed by atoms with van der Waals surface area (Å²) in [6, 6.07) is 12.5. The van der Waals surface area contributed by atoms with Gasteiger partial charge in [0, 0.05) is 11.4 Å². The molecule has 2 heterocycles. The van der Waals surface area contributed by atoms with Crippen molar-refractivity contribution in [1.29, 1.82) is 0 Å². The molecule has 4 rings (SSSR count). The predicted octanol–water partition coefficient (Wildman–Crippen LogP) is 5.00. The molecule has 0 aliphatic carbocycles. The van der Waals surface area contributed by atoms with Crippen LogP contribution in [0.4, 0.5) is 10.1 Å². The van der Waals surface area contributed by atoms with Crippen molar-refractivity contribution in [2.45, 2.75) is 44.3 Å².